The number of allylic oxidation sites excluding steroid dienone is 1. The minimum absolute atomic E-state index is 0.0620. The van der Waals surface area contributed by atoms with Gasteiger partial charge in [0.1, 0.15) is 18.4 Å². The van der Waals surface area contributed by atoms with Gasteiger partial charge in [-0.3, -0.25) is 9.69 Å². The second-order valence-electron chi connectivity index (χ2n) is 3.19. The van der Waals surface area contributed by atoms with Gasteiger partial charge in [0, 0.05) is 20.3 Å². The summed E-state index contributed by atoms with van der Waals surface area (Å²) >= 11 is 0. The number of hydrogen-bond acceptors (Lipinski definition) is 4. The molecule has 0 saturated carbocycles. The fraction of sp³-hybridized carbons (Fsp3) is 0.556. The normalized spacial score (nSPS) is 17.9. The number of morpholine rings is 1. The van der Waals surface area contributed by atoms with Crippen molar-refractivity contribution in [2.45, 2.75) is 0 Å². The Hall–Kier alpha value is -1.54. The Morgan fingerprint density at radius 2 is 2.43 bits per heavy atom. The number of carbonyl (C=O) groups is 1. The molecule has 0 bridgehead atoms. The topological polar surface area (TPSA) is 56.6 Å². The van der Waals surface area contributed by atoms with E-state index < -0.39 is 0 Å². The molecule has 1 aliphatic heterocycles. The van der Waals surface area contributed by atoms with Crippen LogP contribution in [0.2, 0.25) is 0 Å². The molecule has 0 atom stereocenters. The first-order valence-corrected chi connectivity index (χ1v) is 4.31. The number of hydrogen-bond donors (Lipinski definition) is 0. The van der Waals surface area contributed by atoms with Gasteiger partial charge in [-0.2, -0.15) is 5.26 Å². The number of nitriles is 1. The number of carbonyl (C=O) groups excluding carboxylic acids is 1. The minimum atomic E-state index is -0.161. The molecule has 1 fully saturated rings. The molecule has 0 N–H and O–H groups in total. The van der Waals surface area contributed by atoms with Crippen LogP contribution >= 0.6 is 0 Å². The lowest BCUT2D eigenvalue weighted by Crippen LogP contribution is -2.40. The molecule has 1 amide bonds. The van der Waals surface area contributed by atoms with E-state index in [0.29, 0.717) is 18.8 Å². The summed E-state index contributed by atoms with van der Waals surface area (Å²) in [6.07, 6.45) is 1.63. The summed E-state index contributed by atoms with van der Waals surface area (Å²) in [6.45, 7) is 0.997. The predicted molar refractivity (Wildman–Crippen MR) is 49.9 cm³/mol. The highest BCUT2D eigenvalue weighted by Crippen LogP contribution is 2.08. The summed E-state index contributed by atoms with van der Waals surface area (Å²) in [6, 6.07) is 2.00. The Kier molecular flexibility index (Phi) is 3.48. The molecular formula is C9H13N3O2. The number of amides is 1. The second-order valence-corrected chi connectivity index (χ2v) is 3.19. The molecule has 0 radical (unpaired) electrons. The van der Waals surface area contributed by atoms with Gasteiger partial charge in [0.15, 0.2) is 0 Å². The van der Waals surface area contributed by atoms with Crippen molar-refractivity contribution in [3.63, 3.8) is 0 Å². The molecule has 0 unspecified atom stereocenters. The maximum Gasteiger partial charge on any atom is 0.253 e. The van der Waals surface area contributed by atoms with E-state index in [1.165, 1.54) is 4.90 Å². The second kappa shape index (κ2) is 4.63. The van der Waals surface area contributed by atoms with Crippen molar-refractivity contribution in [2.75, 3.05) is 33.9 Å². The lowest BCUT2D eigenvalue weighted by Gasteiger charge is -2.26. The minimum Gasteiger partial charge on any atom is -0.381 e. The molecule has 0 spiro atoms. The van der Waals surface area contributed by atoms with Gasteiger partial charge in [0.05, 0.1) is 13.2 Å². The van der Waals surface area contributed by atoms with Crippen LogP contribution in [0, 0.1) is 11.3 Å². The van der Waals surface area contributed by atoms with Gasteiger partial charge in [0.25, 0.3) is 5.91 Å². The zero-order valence-electron chi connectivity index (χ0n) is 8.36. The zero-order chi connectivity index (χ0) is 10.6. The third kappa shape index (κ3) is 2.47. The van der Waals surface area contributed by atoms with Crippen LogP contribution in [0.5, 0.6) is 0 Å². The van der Waals surface area contributed by atoms with Crippen molar-refractivity contribution in [3.05, 3.63) is 11.9 Å². The van der Waals surface area contributed by atoms with E-state index in [2.05, 4.69) is 0 Å². The zero-order valence-corrected chi connectivity index (χ0v) is 8.36. The number of ether oxygens (including phenoxy) is 1. The van der Waals surface area contributed by atoms with Crippen LogP contribution in [-0.2, 0) is 9.53 Å². The first-order valence-electron chi connectivity index (χ1n) is 4.31. The van der Waals surface area contributed by atoms with Crippen LogP contribution in [0.4, 0.5) is 0 Å². The van der Waals surface area contributed by atoms with Crippen molar-refractivity contribution in [3.8, 4) is 6.07 Å². The molecule has 0 aliphatic carbocycles. The summed E-state index contributed by atoms with van der Waals surface area (Å²) in [4.78, 5) is 14.6. The Balaban J connectivity index is 2.79. The molecule has 0 aromatic carbocycles. The molecule has 1 heterocycles. The molecule has 14 heavy (non-hydrogen) atoms. The molecular weight excluding hydrogens is 182 g/mol. The molecule has 0 aromatic rings. The van der Waals surface area contributed by atoms with Gasteiger partial charge in [-0.15, -0.1) is 0 Å². The number of nitrogens with zero attached hydrogens (tertiary/aromatic N) is 3. The van der Waals surface area contributed by atoms with Crippen LogP contribution in [0.25, 0.3) is 0 Å². The summed E-state index contributed by atoms with van der Waals surface area (Å²) in [5.74, 6) is -0.161. The molecule has 1 saturated heterocycles. The fourth-order valence-corrected chi connectivity index (χ4v) is 1.18. The van der Waals surface area contributed by atoms with E-state index in [-0.39, 0.29) is 12.5 Å². The summed E-state index contributed by atoms with van der Waals surface area (Å²) < 4.78 is 4.97. The van der Waals surface area contributed by atoms with Crippen LogP contribution in [0.1, 0.15) is 0 Å². The highest BCUT2D eigenvalue weighted by molar-refractivity contribution is 5.80. The van der Waals surface area contributed by atoms with Crippen molar-refractivity contribution < 1.29 is 9.53 Å². The molecule has 0 aromatic heterocycles. The van der Waals surface area contributed by atoms with Gasteiger partial charge in [0.2, 0.25) is 0 Å². The summed E-state index contributed by atoms with van der Waals surface area (Å²) in [5.41, 5.74) is 0.364. The SMILES string of the molecule is CN(C)C=C(C#N)N1CCOCC1=O. The molecule has 5 heteroatoms. The Morgan fingerprint density at radius 3 is 2.93 bits per heavy atom. The third-order valence-electron chi connectivity index (χ3n) is 1.77. The van der Waals surface area contributed by atoms with Crippen LogP contribution in [0.3, 0.4) is 0 Å². The largest absolute Gasteiger partial charge is 0.381 e. The van der Waals surface area contributed by atoms with Crippen LogP contribution in [-0.4, -0.2) is 49.6 Å². The fourth-order valence-electron chi connectivity index (χ4n) is 1.18. The van der Waals surface area contributed by atoms with Gasteiger partial charge >= 0.3 is 0 Å². The van der Waals surface area contributed by atoms with E-state index >= 15 is 0 Å². The van der Waals surface area contributed by atoms with Gasteiger partial charge < -0.3 is 9.64 Å². The van der Waals surface area contributed by atoms with E-state index in [4.69, 9.17) is 10.00 Å². The molecule has 76 valence electrons. The van der Waals surface area contributed by atoms with Crippen molar-refractivity contribution in [1.29, 1.82) is 5.26 Å². The number of rotatable bonds is 2. The van der Waals surface area contributed by atoms with E-state index in [0.717, 1.165) is 0 Å². The summed E-state index contributed by atoms with van der Waals surface area (Å²) in [7, 11) is 3.62. The van der Waals surface area contributed by atoms with Crippen LogP contribution in [0.15, 0.2) is 11.9 Å². The standard InChI is InChI=1S/C9H13N3O2/c1-11(2)6-8(5-10)12-3-4-14-7-9(12)13/h6H,3-4,7H2,1-2H3. The maximum atomic E-state index is 11.4. The smallest absolute Gasteiger partial charge is 0.253 e. The molecule has 1 aliphatic rings. The Labute approximate surface area is 83.2 Å². The molecule has 1 rings (SSSR count). The highest BCUT2D eigenvalue weighted by Gasteiger charge is 2.21. The maximum absolute atomic E-state index is 11.4. The van der Waals surface area contributed by atoms with E-state index in [1.807, 2.05) is 20.2 Å². The predicted octanol–water partition coefficient (Wildman–Crippen LogP) is -0.228. The van der Waals surface area contributed by atoms with E-state index in [9.17, 15) is 4.79 Å². The Morgan fingerprint density at radius 1 is 1.71 bits per heavy atom. The van der Waals surface area contributed by atoms with Crippen LogP contribution < -0.4 is 0 Å². The van der Waals surface area contributed by atoms with Gasteiger partial charge in [-0.1, -0.05) is 0 Å². The van der Waals surface area contributed by atoms with E-state index in [1.54, 1.807) is 11.1 Å². The lowest BCUT2D eigenvalue weighted by atomic mass is 10.3. The van der Waals surface area contributed by atoms with Gasteiger partial charge in [-0.05, 0) is 0 Å². The monoisotopic (exact) mass is 195 g/mol. The average Bonchev–Trinajstić information content (AvgIpc) is 2.15. The highest BCUT2D eigenvalue weighted by atomic mass is 16.5. The first-order chi connectivity index (χ1) is 6.65. The quantitative estimate of drug-likeness (QED) is 0.571. The van der Waals surface area contributed by atoms with Crippen molar-refractivity contribution in [1.82, 2.24) is 9.80 Å². The Bertz CT molecular complexity index is 291. The molecule has 5 nitrogen and oxygen atoms in total. The summed E-state index contributed by atoms with van der Waals surface area (Å²) in [5, 5.41) is 8.87. The lowest BCUT2D eigenvalue weighted by molar-refractivity contribution is -0.139. The first kappa shape index (κ1) is 10.5. The van der Waals surface area contributed by atoms with Crippen molar-refractivity contribution >= 4 is 5.91 Å². The average molecular weight is 195 g/mol. The van der Waals surface area contributed by atoms with Crippen molar-refractivity contribution in [2.24, 2.45) is 0 Å². The van der Waals surface area contributed by atoms with Gasteiger partial charge in [-0.25, -0.2) is 0 Å². The third-order valence-corrected chi connectivity index (χ3v) is 1.77.